The third-order valence-electron chi connectivity index (χ3n) is 3.16. The molecule has 4 aromatic rings. The van der Waals surface area contributed by atoms with E-state index in [4.69, 9.17) is 4.42 Å². The number of H-pyrrole nitrogens is 1. The quantitative estimate of drug-likeness (QED) is 0.462. The number of hydrogen-bond donors (Lipinski definition) is 1. The van der Waals surface area contributed by atoms with Gasteiger partial charge in [0.2, 0.25) is 0 Å². The Morgan fingerprint density at radius 1 is 0.750 bits per heavy atom. The Kier molecular flexibility index (Phi) is 1.33. The first-order valence-corrected chi connectivity index (χ1v) is 5.29. The Balaban J connectivity index is 2.38. The lowest BCUT2D eigenvalue weighted by atomic mass is 10.0. The lowest BCUT2D eigenvalue weighted by Crippen LogP contribution is -1.75. The zero-order valence-electron chi connectivity index (χ0n) is 8.53. The first kappa shape index (κ1) is 7.99. The predicted octanol–water partition coefficient (Wildman–Crippen LogP) is 4.07. The van der Waals surface area contributed by atoms with E-state index < -0.39 is 0 Å². The molecule has 2 aromatic carbocycles. The molecule has 4 rings (SSSR count). The summed E-state index contributed by atoms with van der Waals surface area (Å²) in [7, 11) is 0. The summed E-state index contributed by atoms with van der Waals surface area (Å²) < 4.78 is 5.41. The van der Waals surface area contributed by atoms with Crippen LogP contribution in [0.3, 0.4) is 0 Å². The zero-order valence-corrected chi connectivity index (χ0v) is 8.53. The molecule has 0 aliphatic rings. The van der Waals surface area contributed by atoms with Crippen LogP contribution in [0.1, 0.15) is 0 Å². The third-order valence-corrected chi connectivity index (χ3v) is 3.16. The minimum atomic E-state index is 0.947. The van der Waals surface area contributed by atoms with Gasteiger partial charge < -0.3 is 9.40 Å². The molecule has 0 unspecified atom stereocenters. The standard InChI is InChI=1S/C14H9NO/c1-3-13-11(5-7-15-13)9-2-4-14-12(10(1)9)6-8-16-14/h1-8,15H. The minimum absolute atomic E-state index is 0.947. The third kappa shape index (κ3) is 0.865. The number of furan rings is 1. The normalized spacial score (nSPS) is 11.8. The van der Waals surface area contributed by atoms with Crippen LogP contribution < -0.4 is 0 Å². The first-order valence-electron chi connectivity index (χ1n) is 5.29. The van der Waals surface area contributed by atoms with E-state index in [9.17, 15) is 0 Å². The van der Waals surface area contributed by atoms with Crippen molar-refractivity contribution in [1.29, 1.82) is 0 Å². The molecule has 2 heterocycles. The lowest BCUT2D eigenvalue weighted by Gasteiger charge is -2.00. The zero-order chi connectivity index (χ0) is 10.5. The summed E-state index contributed by atoms with van der Waals surface area (Å²) in [5.41, 5.74) is 2.12. The van der Waals surface area contributed by atoms with Crippen molar-refractivity contribution in [2.45, 2.75) is 0 Å². The second-order valence-corrected chi connectivity index (χ2v) is 4.00. The van der Waals surface area contributed by atoms with Gasteiger partial charge in [-0.1, -0.05) is 6.07 Å². The van der Waals surface area contributed by atoms with Crippen LogP contribution in [0.5, 0.6) is 0 Å². The Hall–Kier alpha value is -2.22. The van der Waals surface area contributed by atoms with Gasteiger partial charge in [0.25, 0.3) is 0 Å². The van der Waals surface area contributed by atoms with Crippen LogP contribution in [0, 0.1) is 0 Å². The molecule has 0 saturated heterocycles. The van der Waals surface area contributed by atoms with Crippen LogP contribution in [0.25, 0.3) is 32.6 Å². The molecule has 2 nitrogen and oxygen atoms in total. The van der Waals surface area contributed by atoms with E-state index in [2.05, 4.69) is 29.2 Å². The van der Waals surface area contributed by atoms with Gasteiger partial charge in [-0.15, -0.1) is 0 Å². The van der Waals surface area contributed by atoms with E-state index in [1.807, 2.05) is 18.3 Å². The van der Waals surface area contributed by atoms with Crippen molar-refractivity contribution in [3.8, 4) is 0 Å². The molecule has 0 saturated carbocycles. The Morgan fingerprint density at radius 2 is 1.62 bits per heavy atom. The van der Waals surface area contributed by atoms with Crippen molar-refractivity contribution < 1.29 is 4.42 Å². The van der Waals surface area contributed by atoms with E-state index in [0.717, 1.165) is 5.58 Å². The van der Waals surface area contributed by atoms with Gasteiger partial charge in [0.15, 0.2) is 0 Å². The van der Waals surface area contributed by atoms with Crippen LogP contribution in [0.4, 0.5) is 0 Å². The van der Waals surface area contributed by atoms with Gasteiger partial charge in [-0.25, -0.2) is 0 Å². The molecular weight excluding hydrogens is 198 g/mol. The number of hydrogen-bond acceptors (Lipinski definition) is 1. The van der Waals surface area contributed by atoms with Crippen LogP contribution >= 0.6 is 0 Å². The number of aromatic amines is 1. The van der Waals surface area contributed by atoms with Crippen LogP contribution in [-0.4, -0.2) is 4.98 Å². The topological polar surface area (TPSA) is 28.9 Å². The number of fused-ring (bicyclic) bond motifs is 5. The lowest BCUT2D eigenvalue weighted by molar-refractivity contribution is 0.616. The highest BCUT2D eigenvalue weighted by Gasteiger charge is 2.05. The molecule has 0 fully saturated rings. The van der Waals surface area contributed by atoms with Gasteiger partial charge in [0.1, 0.15) is 5.58 Å². The molecule has 0 radical (unpaired) electrons. The van der Waals surface area contributed by atoms with Crippen molar-refractivity contribution in [2.24, 2.45) is 0 Å². The average molecular weight is 207 g/mol. The molecule has 0 bridgehead atoms. The molecule has 76 valence electrons. The van der Waals surface area contributed by atoms with E-state index in [1.165, 1.54) is 27.1 Å². The fourth-order valence-corrected chi connectivity index (χ4v) is 2.40. The van der Waals surface area contributed by atoms with E-state index in [1.54, 1.807) is 6.26 Å². The fraction of sp³-hybridized carbons (Fsp3) is 0. The molecule has 0 aliphatic carbocycles. The molecule has 16 heavy (non-hydrogen) atoms. The second kappa shape index (κ2) is 2.67. The van der Waals surface area contributed by atoms with Gasteiger partial charge in [-0.3, -0.25) is 0 Å². The number of nitrogens with one attached hydrogen (secondary N) is 1. The summed E-state index contributed by atoms with van der Waals surface area (Å²) in [6, 6.07) is 12.6. The van der Waals surface area contributed by atoms with Gasteiger partial charge >= 0.3 is 0 Å². The van der Waals surface area contributed by atoms with Crippen molar-refractivity contribution in [3.63, 3.8) is 0 Å². The Morgan fingerprint density at radius 3 is 2.62 bits per heavy atom. The number of aromatic nitrogens is 1. The van der Waals surface area contributed by atoms with Crippen LogP contribution in [-0.2, 0) is 0 Å². The van der Waals surface area contributed by atoms with Crippen LogP contribution in [0.2, 0.25) is 0 Å². The maximum Gasteiger partial charge on any atom is 0.134 e. The Bertz CT molecular complexity index is 737. The molecule has 0 amide bonds. The highest BCUT2D eigenvalue weighted by atomic mass is 16.3. The molecule has 0 aliphatic heterocycles. The average Bonchev–Trinajstić information content (AvgIpc) is 2.96. The van der Waals surface area contributed by atoms with Crippen molar-refractivity contribution in [2.75, 3.05) is 0 Å². The largest absolute Gasteiger partial charge is 0.464 e. The first-order chi connectivity index (χ1) is 7.93. The number of benzene rings is 2. The van der Waals surface area contributed by atoms with E-state index >= 15 is 0 Å². The van der Waals surface area contributed by atoms with Crippen molar-refractivity contribution in [1.82, 2.24) is 4.98 Å². The molecular formula is C14H9NO. The van der Waals surface area contributed by atoms with Gasteiger partial charge in [-0.05, 0) is 41.1 Å². The SMILES string of the molecule is c1cc2c(ccc3c4ccoc4ccc23)[nH]1. The summed E-state index contributed by atoms with van der Waals surface area (Å²) in [5, 5.41) is 4.97. The highest BCUT2D eigenvalue weighted by molar-refractivity contribution is 6.15. The maximum absolute atomic E-state index is 5.41. The molecule has 2 heteroatoms. The minimum Gasteiger partial charge on any atom is -0.464 e. The summed E-state index contributed by atoms with van der Waals surface area (Å²) in [6.45, 7) is 0. The molecule has 0 atom stereocenters. The van der Waals surface area contributed by atoms with E-state index in [-0.39, 0.29) is 0 Å². The summed E-state index contributed by atoms with van der Waals surface area (Å²) >= 11 is 0. The van der Waals surface area contributed by atoms with Gasteiger partial charge in [0, 0.05) is 22.5 Å². The molecule has 1 N–H and O–H groups in total. The van der Waals surface area contributed by atoms with Crippen LogP contribution in [0.15, 0.2) is 53.3 Å². The predicted molar refractivity (Wildman–Crippen MR) is 65.6 cm³/mol. The van der Waals surface area contributed by atoms with Crippen molar-refractivity contribution >= 4 is 32.6 Å². The molecule has 2 aromatic heterocycles. The van der Waals surface area contributed by atoms with E-state index in [0.29, 0.717) is 0 Å². The van der Waals surface area contributed by atoms with Gasteiger partial charge in [-0.2, -0.15) is 0 Å². The maximum atomic E-state index is 5.41. The monoisotopic (exact) mass is 207 g/mol. The number of rotatable bonds is 0. The smallest absolute Gasteiger partial charge is 0.134 e. The fourth-order valence-electron chi connectivity index (χ4n) is 2.40. The summed E-state index contributed by atoms with van der Waals surface area (Å²) in [4.78, 5) is 3.23. The highest BCUT2D eigenvalue weighted by Crippen LogP contribution is 2.31. The molecule has 0 spiro atoms. The summed E-state index contributed by atoms with van der Waals surface area (Å²) in [6.07, 6.45) is 3.72. The van der Waals surface area contributed by atoms with Gasteiger partial charge in [0.05, 0.1) is 6.26 Å². The second-order valence-electron chi connectivity index (χ2n) is 4.00. The summed E-state index contributed by atoms with van der Waals surface area (Å²) in [5.74, 6) is 0. The Labute approximate surface area is 91.5 Å². The van der Waals surface area contributed by atoms with Crippen molar-refractivity contribution in [3.05, 3.63) is 48.9 Å².